The maximum atomic E-state index is 11.3. The van der Waals surface area contributed by atoms with Gasteiger partial charge in [-0.2, -0.15) is 0 Å². The zero-order chi connectivity index (χ0) is 11.4. The molecule has 1 unspecified atom stereocenters. The average Bonchev–Trinajstić information content (AvgIpc) is 2.20. The molecule has 0 spiro atoms. The molecule has 0 aliphatic heterocycles. The number of hydrogen-bond acceptors (Lipinski definition) is 3. The number of carbonyl (C=O) groups excluding carboxylic acids is 1. The second kappa shape index (κ2) is 5.14. The molecule has 3 N–H and O–H groups in total. The highest BCUT2D eigenvalue weighted by Gasteiger charge is 2.08. The molecule has 5 heteroatoms. The first kappa shape index (κ1) is 12.0. The van der Waals surface area contributed by atoms with Gasteiger partial charge in [0.05, 0.1) is 17.6 Å². The summed E-state index contributed by atoms with van der Waals surface area (Å²) >= 11 is 3.32. The third kappa shape index (κ3) is 3.21. The maximum absolute atomic E-state index is 11.3. The van der Waals surface area contributed by atoms with Crippen molar-refractivity contribution in [2.24, 2.45) is 5.73 Å². The number of methoxy groups -OCH3 is 1. The lowest BCUT2D eigenvalue weighted by molar-refractivity contribution is -0.117. The second-order valence-corrected chi connectivity index (χ2v) is 3.98. The topological polar surface area (TPSA) is 64.3 Å². The molecule has 4 nitrogen and oxygen atoms in total. The van der Waals surface area contributed by atoms with Crippen molar-refractivity contribution in [3.63, 3.8) is 0 Å². The van der Waals surface area contributed by atoms with Crippen molar-refractivity contribution < 1.29 is 9.53 Å². The van der Waals surface area contributed by atoms with E-state index in [9.17, 15) is 4.79 Å². The molecular formula is C10H13BrN2O2. The summed E-state index contributed by atoms with van der Waals surface area (Å²) in [4.78, 5) is 11.3. The lowest BCUT2D eigenvalue weighted by Crippen LogP contribution is -2.32. The molecule has 0 radical (unpaired) electrons. The summed E-state index contributed by atoms with van der Waals surface area (Å²) in [6, 6.07) is 4.77. The van der Waals surface area contributed by atoms with Gasteiger partial charge in [-0.3, -0.25) is 4.79 Å². The van der Waals surface area contributed by atoms with Crippen LogP contribution in [0.2, 0.25) is 0 Å². The van der Waals surface area contributed by atoms with E-state index in [2.05, 4.69) is 21.2 Å². The van der Waals surface area contributed by atoms with Gasteiger partial charge in [0.2, 0.25) is 5.91 Å². The number of nitrogens with one attached hydrogen (secondary N) is 1. The number of anilines is 1. The zero-order valence-electron chi connectivity index (χ0n) is 8.58. The minimum absolute atomic E-state index is 0.223. The SMILES string of the molecule is COc1cc(NC(=O)C(C)N)ccc1Br. The van der Waals surface area contributed by atoms with Gasteiger partial charge in [-0.1, -0.05) is 0 Å². The van der Waals surface area contributed by atoms with Crippen molar-refractivity contribution in [2.45, 2.75) is 13.0 Å². The van der Waals surface area contributed by atoms with Crippen molar-refractivity contribution in [1.82, 2.24) is 0 Å². The molecule has 1 amide bonds. The second-order valence-electron chi connectivity index (χ2n) is 3.13. The van der Waals surface area contributed by atoms with E-state index >= 15 is 0 Å². The minimum Gasteiger partial charge on any atom is -0.495 e. The number of nitrogens with two attached hydrogens (primary N) is 1. The van der Waals surface area contributed by atoms with Crippen LogP contribution in [0, 0.1) is 0 Å². The lowest BCUT2D eigenvalue weighted by atomic mass is 10.2. The summed E-state index contributed by atoms with van der Waals surface area (Å²) < 4.78 is 5.94. The van der Waals surface area contributed by atoms with Crippen LogP contribution in [0.5, 0.6) is 5.75 Å². The largest absolute Gasteiger partial charge is 0.495 e. The van der Waals surface area contributed by atoms with Crippen LogP contribution in [0.3, 0.4) is 0 Å². The van der Waals surface area contributed by atoms with Gasteiger partial charge >= 0.3 is 0 Å². The molecule has 82 valence electrons. The van der Waals surface area contributed by atoms with Gasteiger partial charge in [-0.25, -0.2) is 0 Å². The monoisotopic (exact) mass is 272 g/mol. The van der Waals surface area contributed by atoms with Crippen LogP contribution in [0.4, 0.5) is 5.69 Å². The van der Waals surface area contributed by atoms with E-state index in [1.807, 2.05) is 0 Å². The van der Waals surface area contributed by atoms with Crippen molar-refractivity contribution >= 4 is 27.5 Å². The summed E-state index contributed by atoms with van der Waals surface area (Å²) in [6.07, 6.45) is 0. The summed E-state index contributed by atoms with van der Waals surface area (Å²) in [5.74, 6) is 0.442. The lowest BCUT2D eigenvalue weighted by Gasteiger charge is -2.09. The highest BCUT2D eigenvalue weighted by molar-refractivity contribution is 9.10. The Kier molecular flexibility index (Phi) is 4.11. The number of carbonyl (C=O) groups is 1. The van der Waals surface area contributed by atoms with Gasteiger partial charge in [0, 0.05) is 11.8 Å². The molecule has 1 rings (SSSR count). The number of halogens is 1. The van der Waals surface area contributed by atoms with E-state index in [0.717, 1.165) is 4.47 Å². The molecule has 0 aliphatic rings. The number of rotatable bonds is 3. The van der Waals surface area contributed by atoms with E-state index in [1.54, 1.807) is 32.2 Å². The van der Waals surface area contributed by atoms with Gasteiger partial charge in [0.1, 0.15) is 5.75 Å². The fraction of sp³-hybridized carbons (Fsp3) is 0.300. The normalized spacial score (nSPS) is 12.0. The summed E-state index contributed by atoms with van der Waals surface area (Å²) in [5.41, 5.74) is 6.10. The van der Waals surface area contributed by atoms with E-state index in [4.69, 9.17) is 10.5 Å². The quantitative estimate of drug-likeness (QED) is 0.881. The zero-order valence-corrected chi connectivity index (χ0v) is 10.2. The predicted octanol–water partition coefficient (Wildman–Crippen LogP) is 1.74. The number of hydrogen-bond donors (Lipinski definition) is 2. The Hall–Kier alpha value is -1.07. The van der Waals surface area contributed by atoms with Crippen LogP contribution in [0.25, 0.3) is 0 Å². The van der Waals surface area contributed by atoms with Crippen LogP contribution in [-0.2, 0) is 4.79 Å². The van der Waals surface area contributed by atoms with Gasteiger partial charge < -0.3 is 15.8 Å². The van der Waals surface area contributed by atoms with Crippen LogP contribution >= 0.6 is 15.9 Å². The van der Waals surface area contributed by atoms with Gasteiger partial charge in [-0.05, 0) is 35.0 Å². The Morgan fingerprint density at radius 1 is 1.60 bits per heavy atom. The molecule has 0 heterocycles. The predicted molar refractivity (Wildman–Crippen MR) is 63.0 cm³/mol. The Balaban J connectivity index is 2.83. The molecule has 1 atom stereocenters. The van der Waals surface area contributed by atoms with Gasteiger partial charge in [0.15, 0.2) is 0 Å². The Morgan fingerprint density at radius 3 is 2.80 bits per heavy atom. The standard InChI is InChI=1S/C10H13BrN2O2/c1-6(12)10(14)13-7-3-4-8(11)9(5-7)15-2/h3-6H,12H2,1-2H3,(H,13,14). The Labute approximate surface area is 96.9 Å². The first-order valence-corrected chi connectivity index (χ1v) is 5.24. The Morgan fingerprint density at radius 2 is 2.27 bits per heavy atom. The van der Waals surface area contributed by atoms with E-state index in [-0.39, 0.29) is 5.91 Å². The number of ether oxygens (including phenoxy) is 1. The molecule has 1 aromatic rings. The molecular weight excluding hydrogens is 260 g/mol. The van der Waals surface area contributed by atoms with Crippen LogP contribution in [-0.4, -0.2) is 19.1 Å². The molecule has 0 bridgehead atoms. The molecule has 0 fully saturated rings. The maximum Gasteiger partial charge on any atom is 0.241 e. The minimum atomic E-state index is -0.528. The van der Waals surface area contributed by atoms with Crippen LogP contribution in [0.15, 0.2) is 22.7 Å². The van der Waals surface area contributed by atoms with Crippen molar-refractivity contribution in [3.8, 4) is 5.75 Å². The van der Waals surface area contributed by atoms with Crippen LogP contribution < -0.4 is 15.8 Å². The van der Waals surface area contributed by atoms with E-state index in [0.29, 0.717) is 11.4 Å². The van der Waals surface area contributed by atoms with Gasteiger partial charge in [0.25, 0.3) is 0 Å². The molecule has 0 aliphatic carbocycles. The highest BCUT2D eigenvalue weighted by atomic mass is 79.9. The van der Waals surface area contributed by atoms with Crippen molar-refractivity contribution in [3.05, 3.63) is 22.7 Å². The van der Waals surface area contributed by atoms with Crippen molar-refractivity contribution in [2.75, 3.05) is 12.4 Å². The molecule has 0 aromatic heterocycles. The average molecular weight is 273 g/mol. The smallest absolute Gasteiger partial charge is 0.241 e. The first-order chi connectivity index (χ1) is 7.04. The van der Waals surface area contributed by atoms with E-state index in [1.165, 1.54) is 0 Å². The van der Waals surface area contributed by atoms with E-state index < -0.39 is 6.04 Å². The van der Waals surface area contributed by atoms with Crippen molar-refractivity contribution in [1.29, 1.82) is 0 Å². The fourth-order valence-corrected chi connectivity index (χ4v) is 1.40. The number of amides is 1. The summed E-state index contributed by atoms with van der Waals surface area (Å²) in [7, 11) is 1.57. The summed E-state index contributed by atoms with van der Waals surface area (Å²) in [6.45, 7) is 1.63. The fourth-order valence-electron chi connectivity index (χ4n) is 0.994. The third-order valence-electron chi connectivity index (χ3n) is 1.83. The summed E-state index contributed by atoms with van der Waals surface area (Å²) in [5, 5.41) is 2.68. The molecule has 15 heavy (non-hydrogen) atoms. The van der Waals surface area contributed by atoms with Gasteiger partial charge in [-0.15, -0.1) is 0 Å². The molecule has 1 aromatic carbocycles. The third-order valence-corrected chi connectivity index (χ3v) is 2.49. The first-order valence-electron chi connectivity index (χ1n) is 4.44. The van der Waals surface area contributed by atoms with Crippen LogP contribution in [0.1, 0.15) is 6.92 Å². The Bertz CT molecular complexity index is 366. The molecule has 0 saturated carbocycles. The molecule has 0 saturated heterocycles. The highest BCUT2D eigenvalue weighted by Crippen LogP contribution is 2.27. The number of benzene rings is 1.